The molecule has 116 valence electrons. The van der Waals surface area contributed by atoms with Crippen molar-refractivity contribution in [3.63, 3.8) is 0 Å². The summed E-state index contributed by atoms with van der Waals surface area (Å²) in [6, 6.07) is 3.40. The van der Waals surface area contributed by atoms with E-state index in [1.54, 1.807) is 0 Å². The van der Waals surface area contributed by atoms with E-state index in [9.17, 15) is 13.2 Å². The van der Waals surface area contributed by atoms with Crippen molar-refractivity contribution in [2.75, 3.05) is 11.9 Å². The number of nitrogens with one attached hydrogen (secondary N) is 2. The Kier molecular flexibility index (Phi) is 4.06. The maximum absolute atomic E-state index is 12.5. The van der Waals surface area contributed by atoms with Crippen LogP contribution >= 0.6 is 0 Å². The molecule has 1 aromatic heterocycles. The van der Waals surface area contributed by atoms with Crippen LogP contribution in [0.4, 0.5) is 18.9 Å². The monoisotopic (exact) mass is 299 g/mol. The molecule has 0 aromatic carbocycles. The number of alkyl halides is 3. The van der Waals surface area contributed by atoms with Crippen LogP contribution in [0.1, 0.15) is 37.8 Å². The zero-order valence-corrected chi connectivity index (χ0v) is 11.8. The largest absolute Gasteiger partial charge is 0.433 e. The molecule has 3 unspecified atom stereocenters. The van der Waals surface area contributed by atoms with E-state index in [1.807, 2.05) is 0 Å². The smallest absolute Gasteiger partial charge is 0.381 e. The van der Waals surface area contributed by atoms with Crippen LogP contribution in [0, 0.1) is 5.92 Å². The highest BCUT2D eigenvalue weighted by Crippen LogP contribution is 2.34. The Hall–Kier alpha value is -1.30. The fourth-order valence-electron chi connectivity index (χ4n) is 3.59. The molecule has 21 heavy (non-hydrogen) atoms. The van der Waals surface area contributed by atoms with Crippen molar-refractivity contribution < 1.29 is 13.2 Å². The summed E-state index contributed by atoms with van der Waals surface area (Å²) in [5, 5.41) is 6.92. The van der Waals surface area contributed by atoms with Crippen molar-refractivity contribution in [3.8, 4) is 0 Å². The summed E-state index contributed by atoms with van der Waals surface area (Å²) >= 11 is 0. The first-order chi connectivity index (χ1) is 10.0. The van der Waals surface area contributed by atoms with Gasteiger partial charge in [0.05, 0.1) is 11.9 Å². The summed E-state index contributed by atoms with van der Waals surface area (Å²) in [6.45, 7) is 1.08. The van der Waals surface area contributed by atoms with Gasteiger partial charge in [0, 0.05) is 12.1 Å². The van der Waals surface area contributed by atoms with Crippen LogP contribution in [-0.4, -0.2) is 23.6 Å². The van der Waals surface area contributed by atoms with Gasteiger partial charge in [-0.1, -0.05) is 6.42 Å². The van der Waals surface area contributed by atoms with E-state index in [2.05, 4.69) is 15.6 Å². The second kappa shape index (κ2) is 5.83. The van der Waals surface area contributed by atoms with Crippen LogP contribution < -0.4 is 10.6 Å². The number of pyridine rings is 1. The van der Waals surface area contributed by atoms with Crippen molar-refractivity contribution in [1.82, 2.24) is 10.3 Å². The summed E-state index contributed by atoms with van der Waals surface area (Å²) in [5.41, 5.74) is -0.161. The van der Waals surface area contributed by atoms with Crippen LogP contribution in [0.3, 0.4) is 0 Å². The Balaban J connectivity index is 1.65. The Morgan fingerprint density at radius 1 is 1.14 bits per heavy atom. The molecule has 3 rings (SSSR count). The molecule has 1 aliphatic carbocycles. The normalized spacial score (nSPS) is 29.8. The molecule has 2 aliphatic rings. The topological polar surface area (TPSA) is 37.0 Å². The number of hydrogen-bond acceptors (Lipinski definition) is 3. The molecule has 0 radical (unpaired) electrons. The first kappa shape index (κ1) is 14.6. The summed E-state index contributed by atoms with van der Waals surface area (Å²) in [7, 11) is 0. The van der Waals surface area contributed by atoms with E-state index in [0.717, 1.165) is 19.0 Å². The minimum atomic E-state index is -4.37. The van der Waals surface area contributed by atoms with Gasteiger partial charge in [-0.2, -0.15) is 13.2 Å². The molecule has 1 aliphatic heterocycles. The van der Waals surface area contributed by atoms with Gasteiger partial charge in [-0.3, -0.25) is 0 Å². The van der Waals surface area contributed by atoms with E-state index in [0.29, 0.717) is 23.7 Å². The van der Waals surface area contributed by atoms with Gasteiger partial charge in [-0.05, 0) is 50.3 Å². The minimum absolute atomic E-state index is 0.333. The zero-order valence-electron chi connectivity index (χ0n) is 11.8. The lowest BCUT2D eigenvalue weighted by Crippen LogP contribution is -2.38. The summed E-state index contributed by atoms with van der Waals surface area (Å²) in [6.07, 6.45) is 2.77. The fraction of sp³-hybridized carbons (Fsp3) is 0.667. The van der Waals surface area contributed by atoms with E-state index in [1.165, 1.54) is 37.9 Å². The molecule has 1 aromatic rings. The van der Waals surface area contributed by atoms with E-state index >= 15 is 0 Å². The third kappa shape index (κ3) is 3.31. The van der Waals surface area contributed by atoms with E-state index in [4.69, 9.17) is 0 Å². The molecule has 1 saturated heterocycles. The predicted molar refractivity (Wildman–Crippen MR) is 75.0 cm³/mol. The number of hydrogen-bond donors (Lipinski definition) is 2. The number of rotatable bonds is 3. The van der Waals surface area contributed by atoms with Gasteiger partial charge < -0.3 is 10.6 Å². The first-order valence-electron chi connectivity index (χ1n) is 7.57. The molecular weight excluding hydrogens is 279 g/mol. The number of aromatic nitrogens is 1. The summed E-state index contributed by atoms with van der Waals surface area (Å²) in [5.74, 6) is 0.565. The first-order valence-corrected chi connectivity index (χ1v) is 7.57. The van der Waals surface area contributed by atoms with Gasteiger partial charge in [-0.25, -0.2) is 4.98 Å². The maximum atomic E-state index is 12.5. The van der Waals surface area contributed by atoms with E-state index < -0.39 is 11.9 Å². The van der Waals surface area contributed by atoms with Gasteiger partial charge in [0.15, 0.2) is 0 Å². The van der Waals surface area contributed by atoms with Gasteiger partial charge in [0.2, 0.25) is 0 Å². The van der Waals surface area contributed by atoms with Crippen LogP contribution in [0.5, 0.6) is 0 Å². The molecule has 6 heteroatoms. The van der Waals surface area contributed by atoms with Gasteiger partial charge >= 0.3 is 6.18 Å². The van der Waals surface area contributed by atoms with Crippen LogP contribution in [-0.2, 0) is 6.18 Å². The van der Waals surface area contributed by atoms with Crippen LogP contribution in [0.2, 0.25) is 0 Å². The fourth-order valence-corrected chi connectivity index (χ4v) is 3.59. The third-order valence-corrected chi connectivity index (χ3v) is 4.59. The number of halogens is 3. The second-order valence-electron chi connectivity index (χ2n) is 5.98. The lowest BCUT2D eigenvalue weighted by Gasteiger charge is -2.27. The predicted octanol–water partition coefficient (Wildman–Crippen LogP) is 3.43. The van der Waals surface area contributed by atoms with Crippen LogP contribution in [0.15, 0.2) is 18.3 Å². The highest BCUT2D eigenvalue weighted by atomic mass is 19.4. The van der Waals surface area contributed by atoms with Crippen LogP contribution in [0.25, 0.3) is 0 Å². The second-order valence-corrected chi connectivity index (χ2v) is 5.98. The van der Waals surface area contributed by atoms with Crippen molar-refractivity contribution in [2.45, 2.75) is 50.4 Å². The highest BCUT2D eigenvalue weighted by molar-refractivity contribution is 5.42. The lowest BCUT2D eigenvalue weighted by atomic mass is 9.93. The molecule has 1 saturated carbocycles. The molecule has 3 nitrogen and oxygen atoms in total. The average molecular weight is 299 g/mol. The van der Waals surface area contributed by atoms with Crippen molar-refractivity contribution in [1.29, 1.82) is 0 Å². The minimum Gasteiger partial charge on any atom is -0.381 e. The SMILES string of the molecule is FC(F)(F)c1ccc(NC2CCCC2C2CCCN2)cn1. The Labute approximate surface area is 122 Å². The van der Waals surface area contributed by atoms with Gasteiger partial charge in [0.1, 0.15) is 5.69 Å². The summed E-state index contributed by atoms with van der Waals surface area (Å²) in [4.78, 5) is 3.51. The third-order valence-electron chi connectivity index (χ3n) is 4.59. The molecule has 2 fully saturated rings. The molecular formula is C15H20F3N3. The quantitative estimate of drug-likeness (QED) is 0.898. The van der Waals surface area contributed by atoms with Gasteiger partial charge in [0.25, 0.3) is 0 Å². The maximum Gasteiger partial charge on any atom is 0.433 e. The average Bonchev–Trinajstić information content (AvgIpc) is 3.08. The number of anilines is 1. The standard InChI is InChI=1S/C15H20F3N3/c16-15(17,18)14-7-6-10(9-20-14)21-13-4-1-3-11(13)12-5-2-8-19-12/h6-7,9,11-13,19,21H,1-5,8H2. The Bertz CT molecular complexity index is 466. The highest BCUT2D eigenvalue weighted by Gasteiger charge is 2.35. The molecule has 0 bridgehead atoms. The Morgan fingerprint density at radius 2 is 2.00 bits per heavy atom. The summed E-state index contributed by atoms with van der Waals surface area (Å²) < 4.78 is 37.5. The molecule has 3 atom stereocenters. The van der Waals surface area contributed by atoms with Crippen molar-refractivity contribution in [2.24, 2.45) is 5.92 Å². The Morgan fingerprint density at radius 3 is 2.62 bits per heavy atom. The molecule has 0 spiro atoms. The van der Waals surface area contributed by atoms with Crippen molar-refractivity contribution >= 4 is 5.69 Å². The molecule has 2 N–H and O–H groups in total. The zero-order chi connectivity index (χ0) is 14.9. The lowest BCUT2D eigenvalue weighted by molar-refractivity contribution is -0.141. The van der Waals surface area contributed by atoms with Gasteiger partial charge in [-0.15, -0.1) is 0 Å². The molecule has 2 heterocycles. The molecule has 0 amide bonds. The van der Waals surface area contributed by atoms with E-state index in [-0.39, 0.29) is 0 Å². The number of nitrogens with zero attached hydrogens (tertiary/aromatic N) is 1. The van der Waals surface area contributed by atoms with Crippen molar-refractivity contribution in [3.05, 3.63) is 24.0 Å².